The van der Waals surface area contributed by atoms with Gasteiger partial charge in [0.2, 0.25) is 0 Å². The number of carbonyl (C=O) groups is 1. The summed E-state index contributed by atoms with van der Waals surface area (Å²) in [5.41, 5.74) is 0.452. The van der Waals surface area contributed by atoms with Crippen LogP contribution in [0.5, 0.6) is 0 Å². The van der Waals surface area contributed by atoms with Gasteiger partial charge in [0.05, 0.1) is 5.56 Å². The first-order chi connectivity index (χ1) is 6.20. The summed E-state index contributed by atoms with van der Waals surface area (Å²) in [6.07, 6.45) is 0.985. The molecule has 0 amide bonds. The lowest BCUT2D eigenvalue weighted by Crippen LogP contribution is -1.99. The Labute approximate surface area is 85.7 Å². The molecule has 0 heterocycles. The standard InChI is InChI=1S/C9H6Cl2O2/c10-8(11)6-13-9(12)7-4-2-1-3-5-7/h1-6H. The highest BCUT2D eigenvalue weighted by atomic mass is 35.5. The zero-order chi connectivity index (χ0) is 9.68. The topological polar surface area (TPSA) is 26.3 Å². The molecule has 0 aliphatic carbocycles. The van der Waals surface area contributed by atoms with E-state index in [0.717, 1.165) is 6.26 Å². The van der Waals surface area contributed by atoms with Crippen LogP contribution in [0.2, 0.25) is 0 Å². The van der Waals surface area contributed by atoms with Crippen LogP contribution in [0.4, 0.5) is 0 Å². The van der Waals surface area contributed by atoms with Crippen molar-refractivity contribution in [3.05, 3.63) is 46.6 Å². The van der Waals surface area contributed by atoms with Gasteiger partial charge in [-0.2, -0.15) is 0 Å². The maximum absolute atomic E-state index is 11.2. The highest BCUT2D eigenvalue weighted by Crippen LogP contribution is 2.08. The van der Waals surface area contributed by atoms with E-state index >= 15 is 0 Å². The van der Waals surface area contributed by atoms with Crippen molar-refractivity contribution in [2.45, 2.75) is 0 Å². The fraction of sp³-hybridized carbons (Fsp3) is 0. The van der Waals surface area contributed by atoms with E-state index in [1.165, 1.54) is 0 Å². The molecule has 0 fully saturated rings. The predicted octanol–water partition coefficient (Wildman–Crippen LogP) is 3.12. The van der Waals surface area contributed by atoms with Crippen LogP contribution in [0.3, 0.4) is 0 Å². The molecule has 0 radical (unpaired) electrons. The van der Waals surface area contributed by atoms with Gasteiger partial charge in [-0.25, -0.2) is 4.79 Å². The lowest BCUT2D eigenvalue weighted by molar-refractivity contribution is 0.0663. The van der Waals surface area contributed by atoms with E-state index in [9.17, 15) is 4.79 Å². The molecular weight excluding hydrogens is 211 g/mol. The minimum Gasteiger partial charge on any atom is -0.428 e. The second kappa shape index (κ2) is 4.90. The molecule has 1 aromatic rings. The van der Waals surface area contributed by atoms with Crippen molar-refractivity contribution in [1.82, 2.24) is 0 Å². The fourth-order valence-electron chi connectivity index (χ4n) is 0.740. The molecule has 0 unspecified atom stereocenters. The summed E-state index contributed by atoms with van der Waals surface area (Å²) in [4.78, 5) is 11.2. The van der Waals surface area contributed by atoms with Crippen molar-refractivity contribution in [1.29, 1.82) is 0 Å². The van der Waals surface area contributed by atoms with Gasteiger partial charge in [0.25, 0.3) is 0 Å². The molecule has 2 nitrogen and oxygen atoms in total. The minimum absolute atomic E-state index is 0.0933. The second-order valence-electron chi connectivity index (χ2n) is 2.18. The Bertz CT molecular complexity index is 316. The Hall–Kier alpha value is -0.990. The van der Waals surface area contributed by atoms with Gasteiger partial charge in [-0.3, -0.25) is 0 Å². The van der Waals surface area contributed by atoms with Gasteiger partial charge in [-0.1, -0.05) is 41.4 Å². The Balaban J connectivity index is 2.65. The number of hydrogen-bond donors (Lipinski definition) is 0. The maximum Gasteiger partial charge on any atom is 0.343 e. The number of carbonyl (C=O) groups excluding carboxylic acids is 1. The lowest BCUT2D eigenvalue weighted by Gasteiger charge is -1.97. The first-order valence-corrected chi connectivity index (χ1v) is 4.23. The quantitative estimate of drug-likeness (QED) is 0.561. The summed E-state index contributed by atoms with van der Waals surface area (Å²) in [5.74, 6) is -0.487. The smallest absolute Gasteiger partial charge is 0.343 e. The molecule has 0 aliphatic heterocycles. The number of rotatable bonds is 2. The van der Waals surface area contributed by atoms with E-state index < -0.39 is 5.97 Å². The highest BCUT2D eigenvalue weighted by Gasteiger charge is 2.03. The van der Waals surface area contributed by atoms with Crippen LogP contribution in [0.15, 0.2) is 41.1 Å². The van der Waals surface area contributed by atoms with Gasteiger partial charge < -0.3 is 4.74 Å². The molecule has 68 valence electrons. The molecule has 0 atom stereocenters. The monoisotopic (exact) mass is 216 g/mol. The fourth-order valence-corrected chi connectivity index (χ4v) is 0.829. The van der Waals surface area contributed by atoms with Gasteiger partial charge in [-0.15, -0.1) is 0 Å². The largest absolute Gasteiger partial charge is 0.428 e. The third kappa shape index (κ3) is 3.49. The maximum atomic E-state index is 11.2. The van der Waals surface area contributed by atoms with Crippen molar-refractivity contribution >= 4 is 29.2 Å². The van der Waals surface area contributed by atoms with E-state index in [1.807, 2.05) is 0 Å². The van der Waals surface area contributed by atoms with Crippen LogP contribution in [0.1, 0.15) is 10.4 Å². The Kier molecular flexibility index (Phi) is 3.80. The molecule has 0 aliphatic rings. The van der Waals surface area contributed by atoms with Crippen LogP contribution in [0.25, 0.3) is 0 Å². The summed E-state index contributed by atoms with van der Waals surface area (Å²) in [6, 6.07) is 8.56. The van der Waals surface area contributed by atoms with Crippen molar-refractivity contribution in [3.63, 3.8) is 0 Å². The molecule has 0 aromatic heterocycles. The Morgan fingerprint density at radius 3 is 2.38 bits per heavy atom. The number of hydrogen-bond acceptors (Lipinski definition) is 2. The van der Waals surface area contributed by atoms with Crippen LogP contribution in [0, 0.1) is 0 Å². The lowest BCUT2D eigenvalue weighted by atomic mass is 10.2. The number of benzene rings is 1. The summed E-state index contributed by atoms with van der Waals surface area (Å²) < 4.78 is 4.53. The van der Waals surface area contributed by atoms with E-state index in [0.29, 0.717) is 5.56 Å². The van der Waals surface area contributed by atoms with Crippen LogP contribution in [-0.2, 0) is 4.74 Å². The molecular formula is C9H6Cl2O2. The predicted molar refractivity (Wildman–Crippen MR) is 51.6 cm³/mol. The number of halogens is 2. The third-order valence-electron chi connectivity index (χ3n) is 1.26. The average molecular weight is 217 g/mol. The van der Waals surface area contributed by atoms with Crippen molar-refractivity contribution < 1.29 is 9.53 Å². The summed E-state index contributed by atoms with van der Waals surface area (Å²) in [7, 11) is 0. The van der Waals surface area contributed by atoms with E-state index in [1.54, 1.807) is 30.3 Å². The van der Waals surface area contributed by atoms with Crippen molar-refractivity contribution in [2.24, 2.45) is 0 Å². The summed E-state index contributed by atoms with van der Waals surface area (Å²) >= 11 is 10.5. The van der Waals surface area contributed by atoms with Gasteiger partial charge in [0, 0.05) is 0 Å². The van der Waals surface area contributed by atoms with Gasteiger partial charge >= 0.3 is 5.97 Å². The van der Waals surface area contributed by atoms with Crippen LogP contribution < -0.4 is 0 Å². The van der Waals surface area contributed by atoms with Crippen LogP contribution >= 0.6 is 23.2 Å². The van der Waals surface area contributed by atoms with E-state index in [-0.39, 0.29) is 4.49 Å². The van der Waals surface area contributed by atoms with Crippen molar-refractivity contribution in [3.8, 4) is 0 Å². The molecule has 0 bridgehead atoms. The molecule has 1 rings (SSSR count). The third-order valence-corrected chi connectivity index (χ3v) is 1.44. The Morgan fingerprint density at radius 1 is 1.23 bits per heavy atom. The van der Waals surface area contributed by atoms with E-state index in [4.69, 9.17) is 23.2 Å². The first-order valence-electron chi connectivity index (χ1n) is 3.47. The van der Waals surface area contributed by atoms with Crippen molar-refractivity contribution in [2.75, 3.05) is 0 Å². The summed E-state index contributed by atoms with van der Waals surface area (Å²) in [6.45, 7) is 0. The second-order valence-corrected chi connectivity index (χ2v) is 3.19. The van der Waals surface area contributed by atoms with Crippen LogP contribution in [-0.4, -0.2) is 5.97 Å². The minimum atomic E-state index is -0.487. The number of ether oxygens (including phenoxy) is 1. The SMILES string of the molecule is O=C(OC=C(Cl)Cl)c1ccccc1. The normalized spacial score (nSPS) is 9.08. The molecule has 0 N–H and O–H groups in total. The molecule has 0 spiro atoms. The zero-order valence-electron chi connectivity index (χ0n) is 6.54. The van der Waals surface area contributed by atoms with E-state index in [2.05, 4.69) is 4.74 Å². The molecule has 13 heavy (non-hydrogen) atoms. The van der Waals surface area contributed by atoms with Gasteiger partial charge in [0.1, 0.15) is 10.8 Å². The highest BCUT2D eigenvalue weighted by molar-refractivity contribution is 6.55. The average Bonchev–Trinajstić information content (AvgIpc) is 2.15. The number of esters is 1. The molecule has 1 aromatic carbocycles. The van der Waals surface area contributed by atoms with Gasteiger partial charge in [-0.05, 0) is 12.1 Å². The van der Waals surface area contributed by atoms with Gasteiger partial charge in [0.15, 0.2) is 0 Å². The summed E-state index contributed by atoms with van der Waals surface area (Å²) in [5, 5.41) is 0. The molecule has 0 saturated heterocycles. The molecule has 4 heteroatoms. The zero-order valence-corrected chi connectivity index (χ0v) is 8.05. The first kappa shape index (κ1) is 10.1. The Morgan fingerprint density at radius 2 is 1.85 bits per heavy atom. The molecule has 0 saturated carbocycles.